The summed E-state index contributed by atoms with van der Waals surface area (Å²) in [5, 5.41) is 0. The van der Waals surface area contributed by atoms with Crippen molar-refractivity contribution in [2.24, 2.45) is 21.7 Å². The number of ether oxygens (including phenoxy) is 26. The quantitative estimate of drug-likeness (QED) is 0.0325. The first-order valence-electron chi connectivity index (χ1n) is 39.1. The van der Waals surface area contributed by atoms with E-state index in [0.29, 0.717) is 0 Å². The second-order valence-electron chi connectivity index (χ2n) is 27.3. The van der Waals surface area contributed by atoms with Crippen molar-refractivity contribution in [1.29, 1.82) is 0 Å². The molecule has 38 nitrogen and oxygen atoms in total. The Bertz CT molecular complexity index is 2750. The molecule has 0 rings (SSSR count). The summed E-state index contributed by atoms with van der Waals surface area (Å²) in [4.78, 5) is 141. The minimum atomic E-state index is -1.16. The van der Waals surface area contributed by atoms with E-state index in [1.54, 1.807) is 41.5 Å². The molecule has 0 fully saturated rings. The van der Waals surface area contributed by atoms with Crippen molar-refractivity contribution < 1.29 is 181 Å². The highest BCUT2D eigenvalue weighted by atomic mass is 16.6. The summed E-state index contributed by atoms with van der Waals surface area (Å²) in [6.45, 7) is 47.7. The molecule has 6 unspecified atom stereocenters. The average Bonchev–Trinajstić information content (AvgIpc) is 0.847. The molecule has 0 heterocycles. The van der Waals surface area contributed by atoms with Crippen LogP contribution in [0.15, 0.2) is 152 Å². The maximum absolute atomic E-state index is 11.9. The van der Waals surface area contributed by atoms with Gasteiger partial charge in [-0.25, -0.2) is 57.5 Å². The largest absolute Gasteiger partial charge is 0.460 e. The van der Waals surface area contributed by atoms with E-state index in [1.165, 1.54) is 0 Å². The summed E-state index contributed by atoms with van der Waals surface area (Å²) in [7, 11) is 0. The second kappa shape index (κ2) is 72.3. The summed E-state index contributed by atoms with van der Waals surface area (Å²) in [5.74, 6) is -7.73. The van der Waals surface area contributed by atoms with Crippen LogP contribution in [0.3, 0.4) is 0 Å². The van der Waals surface area contributed by atoms with Crippen molar-refractivity contribution in [3.05, 3.63) is 152 Å². The predicted octanol–water partition coefficient (Wildman–Crippen LogP) is 5.23. The van der Waals surface area contributed by atoms with Gasteiger partial charge in [-0.2, -0.15) is 0 Å². The summed E-state index contributed by atoms with van der Waals surface area (Å²) in [5.41, 5.74) is -4.51. The Labute approximate surface area is 725 Å². The molecule has 0 saturated heterocycles. The summed E-state index contributed by atoms with van der Waals surface area (Å²) < 4.78 is 147. The van der Waals surface area contributed by atoms with Crippen LogP contribution in [-0.4, -0.2) is 333 Å². The fraction of sp³-hybridized carbons (Fsp3) is 0.581. The number of hydrogen-bond acceptors (Lipinski definition) is 38. The molecule has 0 aliphatic carbocycles. The highest BCUT2D eigenvalue weighted by molar-refractivity contribution is 5.85. The van der Waals surface area contributed by atoms with Crippen molar-refractivity contribution >= 4 is 71.6 Å². The van der Waals surface area contributed by atoms with Crippen LogP contribution in [0.5, 0.6) is 0 Å². The van der Waals surface area contributed by atoms with Crippen molar-refractivity contribution in [2.75, 3.05) is 225 Å². The Morgan fingerprint density at radius 3 is 0.411 bits per heavy atom. The van der Waals surface area contributed by atoms with Crippen molar-refractivity contribution in [1.82, 2.24) is 0 Å². The van der Waals surface area contributed by atoms with Gasteiger partial charge in [0.2, 0.25) is 0 Å². The van der Waals surface area contributed by atoms with E-state index in [-0.39, 0.29) is 225 Å². The van der Waals surface area contributed by atoms with Crippen LogP contribution in [0.1, 0.15) is 41.5 Å². The van der Waals surface area contributed by atoms with Gasteiger partial charge in [-0.15, -0.1) is 0 Å². The molecule has 0 N–H and O–H groups in total. The number of rotatable bonds is 80. The Morgan fingerprint density at radius 2 is 0.290 bits per heavy atom. The molecule has 0 saturated carbocycles. The molecule has 124 heavy (non-hydrogen) atoms. The molecule has 0 aromatic carbocycles. The summed E-state index contributed by atoms with van der Waals surface area (Å²) in [6.07, 6.45) is 8.09. The Balaban J connectivity index is 0. The van der Waals surface area contributed by atoms with Crippen molar-refractivity contribution in [3.8, 4) is 0 Å². The monoisotopic (exact) mass is 1770 g/mol. The molecular formula is C86H128O38. The molecule has 0 aliphatic rings. The zero-order chi connectivity index (χ0) is 93.3. The lowest BCUT2D eigenvalue weighted by molar-refractivity contribution is -0.167. The molecule has 0 bridgehead atoms. The van der Waals surface area contributed by atoms with Crippen LogP contribution in [-0.2, 0) is 181 Å². The van der Waals surface area contributed by atoms with E-state index in [0.717, 1.165) is 72.9 Å². The SMILES string of the molecule is C=CC(=O)OC(C)COCC(COCC(C)OC(=O)C=C)(COCC(C)OC(=O)C=C)COCC(COCC(C)OC(=O)C=C)(COCC(C)OC(=O)C=C)COCC(C)OC(=O)C=C.C=CC(=O)OCCOCC(COCCOC(=O)C=C)(COCCOC(=O)C=C)COCC(COCCOC(=O)C=C)(COCCOC(=O)C=C)COCCOC(=O)C=C. The molecule has 38 heteroatoms. The third-order valence-corrected chi connectivity index (χ3v) is 15.4. The predicted molar refractivity (Wildman–Crippen MR) is 443 cm³/mol. The summed E-state index contributed by atoms with van der Waals surface area (Å²) in [6, 6.07) is 0. The van der Waals surface area contributed by atoms with Gasteiger partial charge in [-0.1, -0.05) is 78.9 Å². The maximum atomic E-state index is 11.9. The van der Waals surface area contributed by atoms with Gasteiger partial charge in [0.05, 0.1) is 207 Å². The number of esters is 12. The van der Waals surface area contributed by atoms with Crippen LogP contribution in [0.2, 0.25) is 0 Å². The minimum Gasteiger partial charge on any atom is -0.460 e. The topological polar surface area (TPSA) is 445 Å². The Hall–Kier alpha value is -10.0. The average molecular weight is 1770 g/mol. The maximum Gasteiger partial charge on any atom is 0.330 e. The van der Waals surface area contributed by atoms with E-state index < -0.39 is 130 Å². The van der Waals surface area contributed by atoms with E-state index in [2.05, 4.69) is 78.9 Å². The van der Waals surface area contributed by atoms with Crippen LogP contribution < -0.4 is 0 Å². The molecule has 700 valence electrons. The molecule has 0 amide bonds. The van der Waals surface area contributed by atoms with Gasteiger partial charge < -0.3 is 123 Å². The molecule has 0 radical (unpaired) electrons. The smallest absolute Gasteiger partial charge is 0.330 e. The first kappa shape index (κ1) is 116. The van der Waals surface area contributed by atoms with Crippen molar-refractivity contribution in [3.63, 3.8) is 0 Å². The van der Waals surface area contributed by atoms with Gasteiger partial charge in [0.15, 0.2) is 0 Å². The first-order chi connectivity index (χ1) is 59.2. The molecule has 0 aliphatic heterocycles. The van der Waals surface area contributed by atoms with Gasteiger partial charge in [0, 0.05) is 72.9 Å². The van der Waals surface area contributed by atoms with Gasteiger partial charge in [-0.3, -0.25) is 0 Å². The standard InChI is InChI=1S/C46H70O19.C40H58O19/c1-13-39(47)60-33(7)19-53-25-45(26-54-20-34(8)61-40(48)14-2,27-55-21-35(9)62-41(49)15-3)31-59-32-46(28-56-22-36(10)63-42(50)16-4,29-57-23-37(11)64-43(51)17-5)30-58-24-38(12)65-44(52)18-6;1-7-33(41)54-19-13-47-25-39(26-48-14-20-55-34(42)8-2,27-49-15-21-56-35(43)9-3)31-53-32-40(28-50-16-22-57-36(44)10-4,29-51-17-23-58-37(45)11-5)30-52-18-24-59-38(46)12-6/h13-18,33-38H,1-6,19-32H2,7-12H3;7-12H,1-6,13-32H2. The third-order valence-electron chi connectivity index (χ3n) is 15.4. The number of carbonyl (C=O) groups is 12. The van der Waals surface area contributed by atoms with Gasteiger partial charge >= 0.3 is 71.6 Å². The number of hydrogen-bond donors (Lipinski definition) is 0. The molecule has 6 atom stereocenters. The fourth-order valence-electron chi connectivity index (χ4n) is 9.59. The summed E-state index contributed by atoms with van der Waals surface area (Å²) >= 11 is 0. The van der Waals surface area contributed by atoms with Gasteiger partial charge in [0.25, 0.3) is 0 Å². The lowest BCUT2D eigenvalue weighted by Crippen LogP contribution is -2.47. The zero-order valence-corrected chi connectivity index (χ0v) is 72.4. The molecule has 0 spiro atoms. The van der Waals surface area contributed by atoms with Crippen LogP contribution in [0.4, 0.5) is 0 Å². The van der Waals surface area contributed by atoms with E-state index >= 15 is 0 Å². The van der Waals surface area contributed by atoms with Gasteiger partial charge in [-0.05, 0) is 41.5 Å². The lowest BCUT2D eigenvalue weighted by atomic mass is 9.90. The van der Waals surface area contributed by atoms with E-state index in [9.17, 15) is 57.5 Å². The lowest BCUT2D eigenvalue weighted by Gasteiger charge is -2.37. The molecule has 0 aromatic heterocycles. The van der Waals surface area contributed by atoms with Crippen LogP contribution >= 0.6 is 0 Å². The first-order valence-corrected chi connectivity index (χ1v) is 39.1. The highest BCUT2D eigenvalue weighted by Crippen LogP contribution is 2.29. The molecular weight excluding hydrogens is 1640 g/mol. The van der Waals surface area contributed by atoms with E-state index in [4.69, 9.17) is 123 Å². The number of carbonyl (C=O) groups excluding carboxylic acids is 12. The Morgan fingerprint density at radius 1 is 0.177 bits per heavy atom. The molecule has 0 aromatic rings. The van der Waals surface area contributed by atoms with Crippen LogP contribution in [0.25, 0.3) is 0 Å². The minimum absolute atomic E-state index is 0.0298. The Kier molecular flexibility index (Phi) is 67.6. The third kappa shape index (κ3) is 61.3. The normalized spacial score (nSPS) is 13.4. The van der Waals surface area contributed by atoms with E-state index in [1.807, 2.05) is 0 Å². The van der Waals surface area contributed by atoms with Gasteiger partial charge in [0.1, 0.15) is 76.3 Å². The van der Waals surface area contributed by atoms with Crippen molar-refractivity contribution in [2.45, 2.75) is 78.2 Å². The fourth-order valence-corrected chi connectivity index (χ4v) is 9.59. The van der Waals surface area contributed by atoms with Crippen LogP contribution in [0, 0.1) is 21.7 Å². The zero-order valence-electron chi connectivity index (χ0n) is 72.4. The second-order valence-corrected chi connectivity index (χ2v) is 27.3. The highest BCUT2D eigenvalue weighted by Gasteiger charge is 2.40.